The van der Waals surface area contributed by atoms with Crippen molar-refractivity contribution in [3.63, 3.8) is 0 Å². The first-order valence-corrected chi connectivity index (χ1v) is 12.3. The van der Waals surface area contributed by atoms with Gasteiger partial charge in [0, 0.05) is 5.56 Å². The molecule has 0 bridgehead atoms. The summed E-state index contributed by atoms with van der Waals surface area (Å²) in [6.07, 6.45) is 0. The lowest BCUT2D eigenvalue weighted by Crippen LogP contribution is -2.20. The van der Waals surface area contributed by atoms with Crippen molar-refractivity contribution in [3.8, 4) is 17.6 Å². The van der Waals surface area contributed by atoms with Gasteiger partial charge in [0.25, 0.3) is 7.43 Å². The minimum Gasteiger partial charge on any atom is -0.438 e. The first-order chi connectivity index (χ1) is 16.8. The summed E-state index contributed by atoms with van der Waals surface area (Å²) in [5.74, 6) is 1.41. The first-order valence-electron chi connectivity index (χ1n) is 10.7. The van der Waals surface area contributed by atoms with Gasteiger partial charge in [-0.25, -0.2) is 4.74 Å². The van der Waals surface area contributed by atoms with E-state index in [2.05, 4.69) is 6.07 Å². The van der Waals surface area contributed by atoms with Crippen LogP contribution in [0.25, 0.3) is 5.70 Å². The average molecular weight is 461 g/mol. The number of nitriles is 1. The van der Waals surface area contributed by atoms with Gasteiger partial charge >= 0.3 is 0 Å². The van der Waals surface area contributed by atoms with Crippen molar-refractivity contribution in [3.05, 3.63) is 132 Å². The van der Waals surface area contributed by atoms with Crippen molar-refractivity contribution < 1.29 is 9.26 Å². The Labute approximate surface area is 198 Å². The largest absolute Gasteiger partial charge is 0.438 e. The lowest BCUT2D eigenvalue weighted by atomic mass is 10.1. The monoisotopic (exact) mass is 461 g/mol. The van der Waals surface area contributed by atoms with E-state index in [9.17, 15) is 5.26 Å². The molecule has 0 amide bonds. The SMILES string of the molecule is N#CC1=C(c2ccccc2)N=P(Oc2ccccc2)(c2ccccc2)N=C1Oc1ccccc1. The van der Waals surface area contributed by atoms with Crippen LogP contribution in [0, 0.1) is 11.3 Å². The zero-order valence-electron chi connectivity index (χ0n) is 18.2. The fraction of sp³-hybridized carbons (Fsp3) is 0. The summed E-state index contributed by atoms with van der Waals surface area (Å²) in [7, 11) is -3.05. The van der Waals surface area contributed by atoms with E-state index >= 15 is 0 Å². The first kappa shape index (κ1) is 21.5. The number of nitrogens with zero attached hydrogens (tertiary/aromatic N) is 3. The molecule has 5 rings (SSSR count). The van der Waals surface area contributed by atoms with Gasteiger partial charge in [-0.3, -0.25) is 0 Å². The topological polar surface area (TPSA) is 67.0 Å². The van der Waals surface area contributed by atoms with Crippen LogP contribution >= 0.6 is 7.43 Å². The molecule has 0 aromatic heterocycles. The quantitative estimate of drug-likeness (QED) is 0.305. The van der Waals surface area contributed by atoms with Crippen molar-refractivity contribution in [1.29, 1.82) is 5.26 Å². The van der Waals surface area contributed by atoms with Crippen LogP contribution in [0.3, 0.4) is 0 Å². The van der Waals surface area contributed by atoms with Gasteiger partial charge < -0.3 is 9.26 Å². The van der Waals surface area contributed by atoms with Crippen molar-refractivity contribution in [2.24, 2.45) is 9.51 Å². The van der Waals surface area contributed by atoms with Crippen molar-refractivity contribution in [1.82, 2.24) is 0 Å². The molecule has 0 N–H and O–H groups in total. The van der Waals surface area contributed by atoms with Crippen LogP contribution < -0.4 is 14.6 Å². The molecular weight excluding hydrogens is 441 g/mol. The predicted octanol–water partition coefficient (Wildman–Crippen LogP) is 6.85. The fourth-order valence-corrected chi connectivity index (χ4v) is 5.82. The maximum Gasteiger partial charge on any atom is 0.285 e. The molecule has 1 unspecified atom stereocenters. The smallest absolute Gasteiger partial charge is 0.285 e. The highest BCUT2D eigenvalue weighted by Gasteiger charge is 2.34. The van der Waals surface area contributed by atoms with Crippen LogP contribution in [0.5, 0.6) is 11.5 Å². The molecule has 6 heteroatoms. The standard InChI is InChI=1S/C28H20N3O2P/c29-21-26-27(22-13-5-1-6-14-22)30-34(25-19-11-4-12-20-25,33-24-17-9-3-10-18-24)31-28(26)32-23-15-7-2-8-16-23/h1-20H. The van der Waals surface area contributed by atoms with Gasteiger partial charge in [0.05, 0.1) is 11.0 Å². The molecule has 0 spiro atoms. The Morgan fingerprint density at radius 3 is 1.76 bits per heavy atom. The second-order valence-electron chi connectivity index (χ2n) is 7.41. The minimum absolute atomic E-state index is 0.190. The molecule has 4 aromatic rings. The molecule has 0 saturated heterocycles. The second-order valence-corrected chi connectivity index (χ2v) is 9.59. The van der Waals surface area contributed by atoms with Crippen LogP contribution in [-0.4, -0.2) is 5.90 Å². The maximum absolute atomic E-state index is 10.1. The summed E-state index contributed by atoms with van der Waals surface area (Å²) in [4.78, 5) is 0. The van der Waals surface area contributed by atoms with E-state index in [-0.39, 0.29) is 11.5 Å². The van der Waals surface area contributed by atoms with Crippen LogP contribution in [0.1, 0.15) is 5.56 Å². The lowest BCUT2D eigenvalue weighted by molar-refractivity contribution is 0.550. The Balaban J connectivity index is 1.78. The summed E-state index contributed by atoms with van der Waals surface area (Å²) in [6, 6.07) is 40.3. The van der Waals surface area contributed by atoms with Crippen molar-refractivity contribution >= 4 is 24.3 Å². The highest BCUT2D eigenvalue weighted by atomic mass is 31.2. The molecule has 1 aliphatic rings. The van der Waals surface area contributed by atoms with E-state index in [0.29, 0.717) is 17.2 Å². The minimum atomic E-state index is -3.05. The van der Waals surface area contributed by atoms with E-state index in [1.807, 2.05) is 121 Å². The molecular formula is C28H20N3O2P. The molecule has 0 fully saturated rings. The highest BCUT2D eigenvalue weighted by Crippen LogP contribution is 2.56. The Hall–Kier alpha value is -4.39. The maximum atomic E-state index is 10.1. The normalized spacial score (nSPS) is 17.2. The van der Waals surface area contributed by atoms with E-state index in [1.54, 1.807) is 0 Å². The Kier molecular flexibility index (Phi) is 6.07. The molecule has 1 atom stereocenters. The summed E-state index contributed by atoms with van der Waals surface area (Å²) < 4.78 is 22.8. The summed E-state index contributed by atoms with van der Waals surface area (Å²) in [5, 5.41) is 11.0. The lowest BCUT2D eigenvalue weighted by Gasteiger charge is -2.27. The van der Waals surface area contributed by atoms with Gasteiger partial charge in [0.2, 0.25) is 5.90 Å². The van der Waals surface area contributed by atoms with Crippen LogP contribution in [0.4, 0.5) is 0 Å². The molecule has 34 heavy (non-hydrogen) atoms. The van der Waals surface area contributed by atoms with E-state index in [4.69, 9.17) is 18.8 Å². The zero-order valence-corrected chi connectivity index (χ0v) is 19.0. The molecule has 4 aromatic carbocycles. The predicted molar refractivity (Wildman–Crippen MR) is 136 cm³/mol. The van der Waals surface area contributed by atoms with Crippen LogP contribution in [-0.2, 0) is 0 Å². The Bertz CT molecular complexity index is 1440. The Morgan fingerprint density at radius 1 is 0.647 bits per heavy atom. The van der Waals surface area contributed by atoms with Gasteiger partial charge in [0.1, 0.15) is 23.1 Å². The number of rotatable bonds is 5. The number of benzene rings is 4. The van der Waals surface area contributed by atoms with E-state index < -0.39 is 7.43 Å². The van der Waals surface area contributed by atoms with E-state index in [1.165, 1.54) is 0 Å². The number of para-hydroxylation sites is 2. The van der Waals surface area contributed by atoms with Crippen LogP contribution in [0.2, 0.25) is 0 Å². The molecule has 0 saturated carbocycles. The van der Waals surface area contributed by atoms with E-state index in [0.717, 1.165) is 10.9 Å². The summed E-state index contributed by atoms with van der Waals surface area (Å²) in [5.41, 5.74) is 1.55. The van der Waals surface area contributed by atoms with Crippen molar-refractivity contribution in [2.75, 3.05) is 0 Å². The van der Waals surface area contributed by atoms with Gasteiger partial charge in [-0.05, 0) is 36.4 Å². The second kappa shape index (κ2) is 9.62. The molecule has 0 aliphatic carbocycles. The fourth-order valence-electron chi connectivity index (χ4n) is 3.51. The third-order valence-corrected chi connectivity index (χ3v) is 7.46. The number of hydrogen-bond donors (Lipinski definition) is 0. The summed E-state index contributed by atoms with van der Waals surface area (Å²) >= 11 is 0. The average Bonchev–Trinajstić information content (AvgIpc) is 2.91. The highest BCUT2D eigenvalue weighted by molar-refractivity contribution is 7.68. The van der Waals surface area contributed by atoms with Gasteiger partial charge in [0.15, 0.2) is 0 Å². The molecule has 5 nitrogen and oxygen atoms in total. The molecule has 164 valence electrons. The molecule has 1 heterocycles. The number of ether oxygens (including phenoxy) is 1. The summed E-state index contributed by atoms with van der Waals surface area (Å²) in [6.45, 7) is 0. The molecule has 1 aliphatic heterocycles. The zero-order chi connectivity index (χ0) is 23.2. The number of hydrogen-bond acceptors (Lipinski definition) is 5. The van der Waals surface area contributed by atoms with Gasteiger partial charge in [-0.15, -0.1) is 0 Å². The van der Waals surface area contributed by atoms with Crippen LogP contribution in [0.15, 0.2) is 136 Å². The van der Waals surface area contributed by atoms with Gasteiger partial charge in [-0.2, -0.15) is 10.0 Å². The van der Waals surface area contributed by atoms with Gasteiger partial charge in [-0.1, -0.05) is 84.9 Å². The van der Waals surface area contributed by atoms with Crippen molar-refractivity contribution in [2.45, 2.75) is 0 Å². The molecule has 0 radical (unpaired) electrons. The Morgan fingerprint density at radius 2 is 1.18 bits per heavy atom. The third-order valence-electron chi connectivity index (χ3n) is 5.10. The third kappa shape index (κ3) is 4.41.